The number of aryl methyl sites for hydroxylation is 1. The maximum absolute atomic E-state index is 4.54. The first-order valence-electron chi connectivity index (χ1n) is 9.26. The van der Waals surface area contributed by atoms with Crippen molar-refractivity contribution in [1.82, 2.24) is 9.55 Å². The molecule has 1 saturated carbocycles. The lowest BCUT2D eigenvalue weighted by Gasteiger charge is -2.20. The summed E-state index contributed by atoms with van der Waals surface area (Å²) < 4.78 is 2.33. The van der Waals surface area contributed by atoms with Crippen LogP contribution in [0.1, 0.15) is 42.2 Å². The Kier molecular flexibility index (Phi) is 2.58. The second kappa shape index (κ2) is 4.72. The number of benzene rings is 2. The molecule has 0 spiro atoms. The second-order valence-corrected chi connectivity index (χ2v) is 7.73. The van der Waals surface area contributed by atoms with E-state index >= 15 is 0 Å². The summed E-state index contributed by atoms with van der Waals surface area (Å²) in [6.07, 6.45) is 10.3. The molecular formula is C23H20N2. The van der Waals surface area contributed by atoms with Crippen LogP contribution in [0, 0.1) is 0 Å². The van der Waals surface area contributed by atoms with Gasteiger partial charge in [-0.3, -0.25) is 4.98 Å². The largest absolute Gasteiger partial charge is 0.350 e. The van der Waals surface area contributed by atoms with Crippen molar-refractivity contribution in [2.45, 2.75) is 31.1 Å². The molecule has 2 aromatic carbocycles. The SMILES string of the molecule is Cn1ccc2c(-c3cncc4ccccc34)cc3c(c21)C1CCC3C1. The molecule has 2 bridgehead atoms. The Labute approximate surface area is 147 Å². The van der Waals surface area contributed by atoms with E-state index in [0.717, 1.165) is 11.8 Å². The molecule has 2 unspecified atom stereocenters. The molecule has 0 radical (unpaired) electrons. The Balaban J connectivity index is 1.75. The molecular weight excluding hydrogens is 304 g/mol. The van der Waals surface area contributed by atoms with E-state index in [-0.39, 0.29) is 0 Å². The highest BCUT2D eigenvalue weighted by Crippen LogP contribution is 2.56. The quantitative estimate of drug-likeness (QED) is 0.435. The predicted octanol–water partition coefficient (Wildman–Crippen LogP) is 5.76. The lowest BCUT2D eigenvalue weighted by atomic mass is 9.86. The Morgan fingerprint density at radius 1 is 0.960 bits per heavy atom. The average Bonchev–Trinajstić information content (AvgIpc) is 3.36. The molecule has 2 aliphatic rings. The van der Waals surface area contributed by atoms with Gasteiger partial charge in [-0.1, -0.05) is 24.3 Å². The molecule has 2 aliphatic carbocycles. The van der Waals surface area contributed by atoms with Crippen LogP contribution in [0.2, 0.25) is 0 Å². The molecule has 6 rings (SSSR count). The summed E-state index contributed by atoms with van der Waals surface area (Å²) in [6.45, 7) is 0. The van der Waals surface area contributed by atoms with E-state index in [9.17, 15) is 0 Å². The summed E-state index contributed by atoms with van der Waals surface area (Å²) >= 11 is 0. The number of hydrogen-bond donors (Lipinski definition) is 0. The Hall–Kier alpha value is -2.61. The molecule has 0 saturated heterocycles. The maximum Gasteiger partial charge on any atom is 0.0522 e. The monoisotopic (exact) mass is 324 g/mol. The zero-order chi connectivity index (χ0) is 16.5. The molecule has 0 aliphatic heterocycles. The van der Waals surface area contributed by atoms with Crippen LogP contribution >= 0.6 is 0 Å². The third-order valence-corrected chi connectivity index (χ3v) is 6.47. The van der Waals surface area contributed by atoms with Gasteiger partial charge in [-0.05, 0) is 65.3 Å². The van der Waals surface area contributed by atoms with E-state index in [1.165, 1.54) is 52.1 Å². The molecule has 2 heterocycles. The first-order valence-corrected chi connectivity index (χ1v) is 9.26. The van der Waals surface area contributed by atoms with Gasteiger partial charge in [0.25, 0.3) is 0 Å². The van der Waals surface area contributed by atoms with Crippen LogP contribution in [0.15, 0.2) is 55.0 Å². The Morgan fingerprint density at radius 2 is 1.84 bits per heavy atom. The van der Waals surface area contributed by atoms with Gasteiger partial charge in [0, 0.05) is 42.0 Å². The van der Waals surface area contributed by atoms with Crippen molar-refractivity contribution < 1.29 is 0 Å². The van der Waals surface area contributed by atoms with Gasteiger partial charge in [0.15, 0.2) is 0 Å². The van der Waals surface area contributed by atoms with Crippen molar-refractivity contribution in [3.63, 3.8) is 0 Å². The van der Waals surface area contributed by atoms with E-state index in [0.29, 0.717) is 0 Å². The zero-order valence-corrected chi connectivity index (χ0v) is 14.4. The van der Waals surface area contributed by atoms with Crippen LogP contribution in [-0.4, -0.2) is 9.55 Å². The van der Waals surface area contributed by atoms with Gasteiger partial charge in [-0.15, -0.1) is 0 Å². The average molecular weight is 324 g/mol. The van der Waals surface area contributed by atoms with E-state index in [4.69, 9.17) is 0 Å². The van der Waals surface area contributed by atoms with Gasteiger partial charge in [0.1, 0.15) is 0 Å². The van der Waals surface area contributed by atoms with E-state index < -0.39 is 0 Å². The molecule has 0 N–H and O–H groups in total. The zero-order valence-electron chi connectivity index (χ0n) is 14.4. The maximum atomic E-state index is 4.54. The molecule has 122 valence electrons. The molecule has 1 fully saturated rings. The molecule has 2 nitrogen and oxygen atoms in total. The first-order chi connectivity index (χ1) is 12.3. The highest BCUT2D eigenvalue weighted by Gasteiger charge is 2.39. The summed E-state index contributed by atoms with van der Waals surface area (Å²) in [7, 11) is 2.19. The van der Waals surface area contributed by atoms with Crippen LogP contribution in [0.3, 0.4) is 0 Å². The van der Waals surface area contributed by atoms with Crippen molar-refractivity contribution in [1.29, 1.82) is 0 Å². The number of hydrogen-bond acceptors (Lipinski definition) is 1. The highest BCUT2D eigenvalue weighted by atomic mass is 14.9. The molecule has 0 amide bonds. The van der Waals surface area contributed by atoms with Crippen LogP contribution in [0.5, 0.6) is 0 Å². The van der Waals surface area contributed by atoms with E-state index in [2.05, 4.69) is 59.2 Å². The van der Waals surface area contributed by atoms with Crippen LogP contribution in [0.25, 0.3) is 32.8 Å². The van der Waals surface area contributed by atoms with Gasteiger partial charge >= 0.3 is 0 Å². The van der Waals surface area contributed by atoms with Crippen LogP contribution in [0.4, 0.5) is 0 Å². The lowest BCUT2D eigenvalue weighted by Crippen LogP contribution is -2.02. The van der Waals surface area contributed by atoms with Gasteiger partial charge in [0.05, 0.1) is 5.52 Å². The number of nitrogens with zero attached hydrogens (tertiary/aromatic N) is 2. The molecule has 4 aromatic rings. The highest BCUT2D eigenvalue weighted by molar-refractivity contribution is 6.06. The van der Waals surface area contributed by atoms with Crippen molar-refractivity contribution in [3.8, 4) is 11.1 Å². The standard InChI is InChI=1S/C23H20N2/c1-25-9-8-18-20(21-13-24-12-16-4-2-3-5-17(16)21)11-19-14-6-7-15(10-14)22(19)23(18)25/h2-5,8-9,11-15H,6-7,10H2,1H3. The van der Waals surface area contributed by atoms with Crippen molar-refractivity contribution in [2.75, 3.05) is 0 Å². The normalized spacial score (nSPS) is 21.3. The fourth-order valence-electron chi connectivity index (χ4n) is 5.38. The van der Waals surface area contributed by atoms with E-state index in [1.54, 1.807) is 11.1 Å². The van der Waals surface area contributed by atoms with Crippen LogP contribution < -0.4 is 0 Å². The number of fused-ring (bicyclic) bond motifs is 8. The van der Waals surface area contributed by atoms with E-state index in [1.807, 2.05) is 12.4 Å². The van der Waals surface area contributed by atoms with Crippen LogP contribution in [-0.2, 0) is 7.05 Å². The summed E-state index contributed by atoms with van der Waals surface area (Å²) in [6, 6.07) is 13.4. The van der Waals surface area contributed by atoms with Crippen molar-refractivity contribution in [2.24, 2.45) is 7.05 Å². The fraction of sp³-hybridized carbons (Fsp3) is 0.261. The van der Waals surface area contributed by atoms with Gasteiger partial charge < -0.3 is 4.57 Å². The third kappa shape index (κ3) is 1.72. The Morgan fingerprint density at radius 3 is 2.80 bits per heavy atom. The first kappa shape index (κ1) is 13.7. The third-order valence-electron chi connectivity index (χ3n) is 6.47. The number of pyridine rings is 1. The summed E-state index contributed by atoms with van der Waals surface area (Å²) in [5.41, 5.74) is 7.31. The molecule has 2 aromatic heterocycles. The predicted molar refractivity (Wildman–Crippen MR) is 103 cm³/mol. The fourth-order valence-corrected chi connectivity index (χ4v) is 5.38. The van der Waals surface area contributed by atoms with Gasteiger partial charge in [-0.2, -0.15) is 0 Å². The number of aromatic nitrogens is 2. The smallest absolute Gasteiger partial charge is 0.0522 e. The summed E-state index contributed by atoms with van der Waals surface area (Å²) in [5, 5.41) is 3.89. The van der Waals surface area contributed by atoms with Crippen molar-refractivity contribution >= 4 is 21.7 Å². The molecule has 25 heavy (non-hydrogen) atoms. The molecule has 2 atom stereocenters. The lowest BCUT2D eigenvalue weighted by molar-refractivity contribution is 0.718. The second-order valence-electron chi connectivity index (χ2n) is 7.73. The minimum Gasteiger partial charge on any atom is -0.350 e. The summed E-state index contributed by atoms with van der Waals surface area (Å²) in [5.74, 6) is 1.54. The van der Waals surface area contributed by atoms with Gasteiger partial charge in [-0.25, -0.2) is 0 Å². The topological polar surface area (TPSA) is 17.8 Å². The van der Waals surface area contributed by atoms with Gasteiger partial charge in [0.2, 0.25) is 0 Å². The number of rotatable bonds is 1. The minimum atomic E-state index is 0.765. The summed E-state index contributed by atoms with van der Waals surface area (Å²) in [4.78, 5) is 4.54. The Bertz CT molecular complexity index is 1150. The van der Waals surface area contributed by atoms with Crippen molar-refractivity contribution in [3.05, 3.63) is 66.1 Å². The minimum absolute atomic E-state index is 0.765. The molecule has 2 heteroatoms.